The predicted molar refractivity (Wildman–Crippen MR) is 101 cm³/mol. The van der Waals surface area contributed by atoms with Crippen LogP contribution < -0.4 is 5.32 Å². The minimum atomic E-state index is -0.934. The first-order chi connectivity index (χ1) is 12.5. The standard InChI is InChI=1S/C19H12ClNO4S/c20-13-3-1-2-11(8-13)17(22)15-9-12-6-10(4-5-14(12)25-15)7-16-18(23)21-19(24)26-16/h1-9,17,22H,(H,21,23,24)/b16-7-. The van der Waals surface area contributed by atoms with Crippen molar-refractivity contribution in [3.05, 3.63) is 75.3 Å². The second-order valence-corrected chi connectivity index (χ2v) is 7.21. The van der Waals surface area contributed by atoms with E-state index in [1.807, 2.05) is 6.07 Å². The summed E-state index contributed by atoms with van der Waals surface area (Å²) in [5, 5.41) is 13.7. The number of rotatable bonds is 3. The van der Waals surface area contributed by atoms with Crippen molar-refractivity contribution in [1.82, 2.24) is 5.32 Å². The van der Waals surface area contributed by atoms with Crippen molar-refractivity contribution in [2.24, 2.45) is 0 Å². The normalized spacial score (nSPS) is 17.1. The van der Waals surface area contributed by atoms with Crippen LogP contribution in [0.1, 0.15) is 23.0 Å². The number of thioether (sulfide) groups is 1. The van der Waals surface area contributed by atoms with Gasteiger partial charge in [0.05, 0.1) is 4.91 Å². The summed E-state index contributed by atoms with van der Waals surface area (Å²) in [5.41, 5.74) is 2.01. The molecule has 2 aromatic carbocycles. The third-order valence-electron chi connectivity index (χ3n) is 3.93. The van der Waals surface area contributed by atoms with E-state index in [0.29, 0.717) is 26.8 Å². The van der Waals surface area contributed by atoms with E-state index < -0.39 is 12.0 Å². The topological polar surface area (TPSA) is 79.5 Å². The van der Waals surface area contributed by atoms with Crippen LogP contribution in [0.25, 0.3) is 17.0 Å². The van der Waals surface area contributed by atoms with Gasteiger partial charge in [-0.2, -0.15) is 0 Å². The Labute approximate surface area is 157 Å². The van der Waals surface area contributed by atoms with Crippen LogP contribution in [0.15, 0.2) is 57.9 Å². The maximum absolute atomic E-state index is 11.6. The van der Waals surface area contributed by atoms with E-state index in [-0.39, 0.29) is 5.24 Å². The number of amides is 2. The summed E-state index contributed by atoms with van der Waals surface area (Å²) in [6.45, 7) is 0. The van der Waals surface area contributed by atoms with E-state index in [9.17, 15) is 14.7 Å². The van der Waals surface area contributed by atoms with E-state index in [1.165, 1.54) is 0 Å². The van der Waals surface area contributed by atoms with Crippen LogP contribution in [-0.2, 0) is 4.79 Å². The SMILES string of the molecule is O=C1NC(=O)/C(=C/c2ccc3oc(C(O)c4cccc(Cl)c4)cc3c2)S1. The van der Waals surface area contributed by atoms with Crippen molar-refractivity contribution >= 4 is 51.6 Å². The molecule has 1 saturated heterocycles. The van der Waals surface area contributed by atoms with Crippen molar-refractivity contribution in [3.63, 3.8) is 0 Å². The summed E-state index contributed by atoms with van der Waals surface area (Å²) in [6.07, 6.45) is 0.710. The molecule has 0 spiro atoms. The summed E-state index contributed by atoms with van der Waals surface area (Å²) in [4.78, 5) is 23.2. The van der Waals surface area contributed by atoms with Gasteiger partial charge in [-0.05, 0) is 59.3 Å². The molecule has 2 amide bonds. The third-order valence-corrected chi connectivity index (χ3v) is 4.98. The van der Waals surface area contributed by atoms with Gasteiger partial charge >= 0.3 is 0 Å². The zero-order valence-corrected chi connectivity index (χ0v) is 14.8. The van der Waals surface area contributed by atoms with Gasteiger partial charge < -0.3 is 9.52 Å². The molecular formula is C19H12ClNO4S. The second kappa shape index (κ2) is 6.64. The number of nitrogens with one attached hydrogen (secondary N) is 1. The fraction of sp³-hybridized carbons (Fsp3) is 0.0526. The zero-order chi connectivity index (χ0) is 18.3. The molecule has 1 aliphatic heterocycles. The molecule has 5 nitrogen and oxygen atoms in total. The molecule has 0 bridgehead atoms. The number of halogens is 1. The van der Waals surface area contributed by atoms with E-state index in [2.05, 4.69) is 5.32 Å². The lowest BCUT2D eigenvalue weighted by Gasteiger charge is -2.07. The highest BCUT2D eigenvalue weighted by Gasteiger charge is 2.25. The lowest BCUT2D eigenvalue weighted by atomic mass is 10.1. The maximum atomic E-state index is 11.6. The molecule has 26 heavy (non-hydrogen) atoms. The molecule has 0 radical (unpaired) electrons. The van der Waals surface area contributed by atoms with Gasteiger partial charge in [0.2, 0.25) is 0 Å². The number of imide groups is 1. The summed E-state index contributed by atoms with van der Waals surface area (Å²) in [5.74, 6) is -0.000380. The molecule has 0 saturated carbocycles. The third kappa shape index (κ3) is 3.26. The van der Waals surface area contributed by atoms with E-state index >= 15 is 0 Å². The highest BCUT2D eigenvalue weighted by atomic mass is 35.5. The lowest BCUT2D eigenvalue weighted by Crippen LogP contribution is -2.17. The largest absolute Gasteiger partial charge is 0.458 e. The van der Waals surface area contributed by atoms with Crippen molar-refractivity contribution < 1.29 is 19.1 Å². The fourth-order valence-corrected chi connectivity index (χ4v) is 3.60. The predicted octanol–water partition coefficient (Wildman–Crippen LogP) is 4.49. The number of carbonyl (C=O) groups is 2. The Bertz CT molecular complexity index is 1070. The minimum absolute atomic E-state index is 0.344. The van der Waals surface area contributed by atoms with E-state index in [1.54, 1.807) is 48.5 Å². The molecule has 1 aromatic heterocycles. The maximum Gasteiger partial charge on any atom is 0.290 e. The van der Waals surface area contributed by atoms with Gasteiger partial charge in [-0.1, -0.05) is 29.8 Å². The minimum Gasteiger partial charge on any atom is -0.458 e. The number of benzene rings is 2. The molecule has 130 valence electrons. The number of hydrogen-bond acceptors (Lipinski definition) is 5. The Morgan fingerprint density at radius 1 is 1.15 bits per heavy atom. The molecule has 1 fully saturated rings. The van der Waals surface area contributed by atoms with E-state index in [0.717, 1.165) is 22.7 Å². The molecule has 3 aromatic rings. The van der Waals surface area contributed by atoms with Gasteiger partial charge in [-0.25, -0.2) is 0 Å². The first-order valence-electron chi connectivity index (χ1n) is 7.71. The number of fused-ring (bicyclic) bond motifs is 1. The first-order valence-corrected chi connectivity index (χ1v) is 8.91. The van der Waals surface area contributed by atoms with Crippen LogP contribution in [0.5, 0.6) is 0 Å². The summed E-state index contributed by atoms with van der Waals surface area (Å²) >= 11 is 6.84. The molecule has 2 N–H and O–H groups in total. The first kappa shape index (κ1) is 16.9. The van der Waals surface area contributed by atoms with Crippen LogP contribution in [0.2, 0.25) is 5.02 Å². The monoisotopic (exact) mass is 385 g/mol. The average Bonchev–Trinajstić information content (AvgIpc) is 3.16. The molecule has 1 unspecified atom stereocenters. The van der Waals surface area contributed by atoms with Gasteiger partial charge in [-0.15, -0.1) is 0 Å². The van der Waals surface area contributed by atoms with Gasteiger partial charge in [0.25, 0.3) is 11.1 Å². The number of furan rings is 1. The van der Waals surface area contributed by atoms with Gasteiger partial charge in [0.15, 0.2) is 0 Å². The quantitative estimate of drug-likeness (QED) is 0.649. The number of aliphatic hydroxyl groups excluding tert-OH is 1. The summed E-state index contributed by atoms with van der Waals surface area (Å²) < 4.78 is 5.73. The molecule has 0 aliphatic carbocycles. The second-order valence-electron chi connectivity index (χ2n) is 5.76. The smallest absolute Gasteiger partial charge is 0.290 e. The fourth-order valence-electron chi connectivity index (χ4n) is 2.72. The lowest BCUT2D eigenvalue weighted by molar-refractivity contribution is -0.115. The highest BCUT2D eigenvalue weighted by Crippen LogP contribution is 2.31. The molecule has 4 rings (SSSR count). The zero-order valence-electron chi connectivity index (χ0n) is 13.2. The number of aliphatic hydroxyl groups is 1. The molecular weight excluding hydrogens is 374 g/mol. The van der Waals surface area contributed by atoms with Crippen molar-refractivity contribution in [3.8, 4) is 0 Å². The Morgan fingerprint density at radius 3 is 2.73 bits per heavy atom. The van der Waals surface area contributed by atoms with E-state index in [4.69, 9.17) is 16.0 Å². The van der Waals surface area contributed by atoms with Crippen LogP contribution in [0.4, 0.5) is 4.79 Å². The Kier molecular flexibility index (Phi) is 4.32. The Morgan fingerprint density at radius 2 is 2.00 bits per heavy atom. The molecule has 1 atom stereocenters. The summed E-state index contributed by atoms with van der Waals surface area (Å²) in [7, 11) is 0. The van der Waals surface area contributed by atoms with Gasteiger partial charge in [0.1, 0.15) is 17.4 Å². The molecule has 1 aliphatic rings. The Balaban J connectivity index is 1.67. The van der Waals surface area contributed by atoms with Gasteiger partial charge in [0, 0.05) is 10.4 Å². The molecule has 7 heteroatoms. The number of carbonyl (C=O) groups excluding carboxylic acids is 2. The average molecular weight is 386 g/mol. The molecule has 2 heterocycles. The van der Waals surface area contributed by atoms with Gasteiger partial charge in [-0.3, -0.25) is 14.9 Å². The van der Waals surface area contributed by atoms with Crippen molar-refractivity contribution in [2.45, 2.75) is 6.10 Å². The highest BCUT2D eigenvalue weighted by molar-refractivity contribution is 8.18. The van der Waals surface area contributed by atoms with Crippen molar-refractivity contribution in [2.75, 3.05) is 0 Å². The van der Waals surface area contributed by atoms with Crippen LogP contribution in [0.3, 0.4) is 0 Å². The summed E-state index contributed by atoms with van der Waals surface area (Å²) in [6, 6.07) is 14.1. The van der Waals surface area contributed by atoms with Crippen molar-refractivity contribution in [1.29, 1.82) is 0 Å². The van der Waals surface area contributed by atoms with Crippen LogP contribution in [0, 0.1) is 0 Å². The Hall–Kier alpha value is -2.54. The van der Waals surface area contributed by atoms with Crippen LogP contribution in [-0.4, -0.2) is 16.3 Å². The number of hydrogen-bond donors (Lipinski definition) is 2. The van der Waals surface area contributed by atoms with Crippen LogP contribution >= 0.6 is 23.4 Å².